The van der Waals surface area contributed by atoms with Crippen LogP contribution < -0.4 is 15.1 Å². The van der Waals surface area contributed by atoms with Crippen molar-refractivity contribution in [2.45, 2.75) is 52.0 Å². The maximum Gasteiger partial charge on any atom is 0.223 e. The summed E-state index contributed by atoms with van der Waals surface area (Å²) in [6.45, 7) is 6.57. The van der Waals surface area contributed by atoms with E-state index in [1.54, 1.807) is 11.3 Å². The van der Waals surface area contributed by atoms with E-state index in [1.165, 1.54) is 25.7 Å². The minimum absolute atomic E-state index is 0.0965. The molecule has 1 amide bonds. The van der Waals surface area contributed by atoms with Gasteiger partial charge in [-0.25, -0.2) is 9.97 Å². The van der Waals surface area contributed by atoms with E-state index in [-0.39, 0.29) is 11.8 Å². The van der Waals surface area contributed by atoms with Gasteiger partial charge in [0.15, 0.2) is 5.13 Å². The fourth-order valence-electron chi connectivity index (χ4n) is 4.20. The van der Waals surface area contributed by atoms with E-state index < -0.39 is 0 Å². The second-order valence-corrected chi connectivity index (χ2v) is 9.01. The lowest BCUT2D eigenvalue weighted by atomic mass is 9.96. The number of amides is 1. The van der Waals surface area contributed by atoms with Gasteiger partial charge in [0.1, 0.15) is 5.82 Å². The Hall–Kier alpha value is -2.15. The van der Waals surface area contributed by atoms with Gasteiger partial charge in [-0.1, -0.05) is 12.8 Å². The smallest absolute Gasteiger partial charge is 0.223 e. The first-order chi connectivity index (χ1) is 14.2. The van der Waals surface area contributed by atoms with Crippen LogP contribution in [0.15, 0.2) is 23.7 Å². The molecular formula is C22H31N5OS. The zero-order chi connectivity index (χ0) is 20.1. The topological polar surface area (TPSA) is 61.4 Å². The Morgan fingerprint density at radius 2 is 1.90 bits per heavy atom. The molecule has 29 heavy (non-hydrogen) atoms. The fraction of sp³-hybridized carbons (Fsp3) is 0.591. The quantitative estimate of drug-likeness (QED) is 0.809. The number of rotatable bonds is 5. The van der Waals surface area contributed by atoms with Crippen molar-refractivity contribution < 1.29 is 4.79 Å². The molecule has 0 radical (unpaired) electrons. The highest BCUT2D eigenvalue weighted by molar-refractivity contribution is 7.13. The maximum atomic E-state index is 12.7. The van der Waals surface area contributed by atoms with Crippen molar-refractivity contribution in [2.24, 2.45) is 5.92 Å². The minimum atomic E-state index is 0.0965. The van der Waals surface area contributed by atoms with E-state index >= 15 is 0 Å². The number of thiazole rings is 1. The van der Waals surface area contributed by atoms with Crippen molar-refractivity contribution in [3.05, 3.63) is 35.0 Å². The molecule has 0 spiro atoms. The molecule has 0 aliphatic carbocycles. The fourth-order valence-corrected chi connectivity index (χ4v) is 5.05. The average Bonchev–Trinajstić information content (AvgIpc) is 3.01. The summed E-state index contributed by atoms with van der Waals surface area (Å²) < 4.78 is 0. The molecule has 6 nitrogen and oxygen atoms in total. The van der Waals surface area contributed by atoms with Crippen molar-refractivity contribution in [1.82, 2.24) is 15.3 Å². The Bertz CT molecular complexity index is 807. The molecule has 2 saturated heterocycles. The number of hydrogen-bond donors (Lipinski definition) is 1. The molecule has 156 valence electrons. The lowest BCUT2D eigenvalue weighted by Crippen LogP contribution is -2.40. The molecule has 0 atom stereocenters. The molecule has 2 aliphatic heterocycles. The van der Waals surface area contributed by atoms with E-state index in [4.69, 9.17) is 0 Å². The monoisotopic (exact) mass is 413 g/mol. The van der Waals surface area contributed by atoms with Crippen LogP contribution >= 0.6 is 11.3 Å². The first kappa shape index (κ1) is 20.1. The number of carbonyl (C=O) groups is 1. The molecule has 2 fully saturated rings. The normalized spacial score (nSPS) is 18.5. The standard InChI is InChI=1S/C22H31N5OS/c1-17-16-29-22(25-17)27-12-7-19(8-13-27)21(28)24-15-18-6-9-23-20(14-18)26-10-4-2-3-5-11-26/h6,9,14,16,19H,2-5,7-8,10-13,15H2,1H3,(H,24,28). The molecule has 7 heteroatoms. The molecule has 4 heterocycles. The van der Waals surface area contributed by atoms with Gasteiger partial charge in [-0.15, -0.1) is 11.3 Å². The van der Waals surface area contributed by atoms with Gasteiger partial charge in [0.25, 0.3) is 0 Å². The van der Waals surface area contributed by atoms with E-state index in [9.17, 15) is 4.79 Å². The van der Waals surface area contributed by atoms with Crippen LogP contribution in [-0.4, -0.2) is 42.1 Å². The zero-order valence-electron chi connectivity index (χ0n) is 17.3. The summed E-state index contributed by atoms with van der Waals surface area (Å²) in [5.41, 5.74) is 2.20. The molecule has 0 bridgehead atoms. The van der Waals surface area contributed by atoms with Gasteiger partial charge in [0.05, 0.1) is 5.69 Å². The van der Waals surface area contributed by atoms with Gasteiger partial charge in [-0.3, -0.25) is 4.79 Å². The highest BCUT2D eigenvalue weighted by Crippen LogP contribution is 2.26. The van der Waals surface area contributed by atoms with Crippen molar-refractivity contribution in [3.8, 4) is 0 Å². The van der Waals surface area contributed by atoms with E-state index in [1.807, 2.05) is 19.2 Å². The van der Waals surface area contributed by atoms with Gasteiger partial charge >= 0.3 is 0 Å². The van der Waals surface area contributed by atoms with Crippen LogP contribution in [0.5, 0.6) is 0 Å². The van der Waals surface area contributed by atoms with Gasteiger partial charge in [-0.2, -0.15) is 0 Å². The second-order valence-electron chi connectivity index (χ2n) is 8.17. The first-order valence-corrected chi connectivity index (χ1v) is 11.7. The van der Waals surface area contributed by atoms with Crippen molar-refractivity contribution >= 4 is 28.2 Å². The van der Waals surface area contributed by atoms with E-state index in [0.717, 1.165) is 61.2 Å². The molecule has 0 unspecified atom stereocenters. The lowest BCUT2D eigenvalue weighted by Gasteiger charge is -2.31. The number of nitrogens with one attached hydrogen (secondary N) is 1. The first-order valence-electron chi connectivity index (χ1n) is 10.8. The van der Waals surface area contributed by atoms with E-state index in [2.05, 4.69) is 36.5 Å². The van der Waals surface area contributed by atoms with Crippen LogP contribution in [0.3, 0.4) is 0 Å². The van der Waals surface area contributed by atoms with Crippen LogP contribution in [0.4, 0.5) is 10.9 Å². The maximum absolute atomic E-state index is 12.7. The van der Waals surface area contributed by atoms with Crippen LogP contribution in [-0.2, 0) is 11.3 Å². The number of piperidine rings is 1. The van der Waals surface area contributed by atoms with Gasteiger partial charge in [-0.05, 0) is 50.3 Å². The third-order valence-corrected chi connectivity index (χ3v) is 6.97. The SMILES string of the molecule is Cc1csc(N2CCC(C(=O)NCc3ccnc(N4CCCCCC4)c3)CC2)n1. The molecule has 0 saturated carbocycles. The molecule has 2 aliphatic rings. The summed E-state index contributed by atoms with van der Waals surface area (Å²) in [5.74, 6) is 1.32. The number of aryl methyl sites for hydroxylation is 1. The Labute approximate surface area is 177 Å². The molecular weight excluding hydrogens is 382 g/mol. The van der Waals surface area contributed by atoms with Crippen molar-refractivity contribution in [2.75, 3.05) is 36.0 Å². The van der Waals surface area contributed by atoms with E-state index in [0.29, 0.717) is 6.54 Å². The molecule has 4 rings (SSSR count). The summed E-state index contributed by atoms with van der Waals surface area (Å²) in [7, 11) is 0. The van der Waals surface area contributed by atoms with Crippen LogP contribution in [0.2, 0.25) is 0 Å². The van der Waals surface area contributed by atoms with Gasteiger partial charge in [0.2, 0.25) is 5.91 Å². The predicted octanol–water partition coefficient (Wildman–Crippen LogP) is 3.76. The summed E-state index contributed by atoms with van der Waals surface area (Å²) in [6.07, 6.45) is 8.75. The number of hydrogen-bond acceptors (Lipinski definition) is 6. The van der Waals surface area contributed by atoms with Crippen LogP contribution in [0, 0.1) is 12.8 Å². The number of aromatic nitrogens is 2. The third-order valence-electron chi connectivity index (χ3n) is 5.95. The third kappa shape index (κ3) is 5.26. The predicted molar refractivity (Wildman–Crippen MR) is 119 cm³/mol. The van der Waals surface area contributed by atoms with Crippen LogP contribution in [0.1, 0.15) is 49.8 Å². The summed E-state index contributed by atoms with van der Waals surface area (Å²) in [4.78, 5) is 26.5. The largest absolute Gasteiger partial charge is 0.357 e. The zero-order valence-corrected chi connectivity index (χ0v) is 18.1. The molecule has 2 aromatic rings. The number of pyridine rings is 1. The van der Waals surface area contributed by atoms with Crippen molar-refractivity contribution in [3.63, 3.8) is 0 Å². The second kappa shape index (κ2) is 9.57. The van der Waals surface area contributed by atoms with Gasteiger partial charge < -0.3 is 15.1 Å². The highest BCUT2D eigenvalue weighted by atomic mass is 32.1. The number of anilines is 2. The number of carbonyl (C=O) groups excluding carboxylic acids is 1. The summed E-state index contributed by atoms with van der Waals surface area (Å²) in [5, 5.41) is 6.32. The average molecular weight is 414 g/mol. The molecule has 2 aromatic heterocycles. The molecule has 1 N–H and O–H groups in total. The molecule has 0 aromatic carbocycles. The van der Waals surface area contributed by atoms with Crippen molar-refractivity contribution in [1.29, 1.82) is 0 Å². The Kier molecular flexibility index (Phi) is 6.64. The Morgan fingerprint density at radius 3 is 2.59 bits per heavy atom. The summed E-state index contributed by atoms with van der Waals surface area (Å²) in [6, 6.07) is 4.15. The highest BCUT2D eigenvalue weighted by Gasteiger charge is 2.26. The van der Waals surface area contributed by atoms with Gasteiger partial charge in [0, 0.05) is 50.2 Å². The lowest BCUT2D eigenvalue weighted by molar-refractivity contribution is -0.125. The summed E-state index contributed by atoms with van der Waals surface area (Å²) >= 11 is 1.69. The number of nitrogens with zero attached hydrogens (tertiary/aromatic N) is 4. The Balaban J connectivity index is 1.27. The Morgan fingerprint density at radius 1 is 1.14 bits per heavy atom. The van der Waals surface area contributed by atoms with Crippen LogP contribution in [0.25, 0.3) is 0 Å². The minimum Gasteiger partial charge on any atom is -0.357 e.